The molecule has 0 radical (unpaired) electrons. The van der Waals surface area contributed by atoms with Crippen LogP contribution in [-0.4, -0.2) is 22.2 Å². The van der Waals surface area contributed by atoms with Gasteiger partial charge in [0.15, 0.2) is 0 Å². The zero-order chi connectivity index (χ0) is 15.0. The highest BCUT2D eigenvalue weighted by Gasteiger charge is 2.17. The van der Waals surface area contributed by atoms with E-state index in [4.69, 9.17) is 5.11 Å². The van der Waals surface area contributed by atoms with Crippen LogP contribution in [-0.2, 0) is 11.2 Å². The topological polar surface area (TPSA) is 74.6 Å². The largest absolute Gasteiger partial charge is 0.481 e. The van der Waals surface area contributed by atoms with Crippen molar-refractivity contribution in [1.29, 1.82) is 0 Å². The van der Waals surface area contributed by atoms with E-state index in [1.165, 1.54) is 0 Å². The Morgan fingerprint density at radius 3 is 2.33 bits per heavy atom. The number of aromatic carboxylic acids is 1. The zero-order valence-corrected chi connectivity index (χ0v) is 11.0. The molecule has 3 rings (SSSR count). The number of carbonyl (C=O) groups is 2. The molecule has 2 N–H and O–H groups in total. The number of hydrogen-bond acceptors (Lipinski definition) is 2. The fourth-order valence-electron chi connectivity index (χ4n) is 2.73. The predicted molar refractivity (Wildman–Crippen MR) is 79.8 cm³/mol. The minimum atomic E-state index is -1.05. The summed E-state index contributed by atoms with van der Waals surface area (Å²) in [5, 5.41) is 21.3. The van der Waals surface area contributed by atoms with E-state index in [-0.39, 0.29) is 12.0 Å². The van der Waals surface area contributed by atoms with Crippen molar-refractivity contribution in [3.63, 3.8) is 0 Å². The highest BCUT2D eigenvalue weighted by atomic mass is 16.4. The Morgan fingerprint density at radius 2 is 1.62 bits per heavy atom. The molecule has 0 aliphatic rings. The summed E-state index contributed by atoms with van der Waals surface area (Å²) in [4.78, 5) is 22.7. The van der Waals surface area contributed by atoms with Crippen LogP contribution >= 0.6 is 0 Å². The summed E-state index contributed by atoms with van der Waals surface area (Å²) in [6.07, 6.45) is -0.198. The Hall–Kier alpha value is -2.88. The maximum absolute atomic E-state index is 11.7. The Balaban J connectivity index is 2.50. The number of carboxylic acids is 2. The minimum absolute atomic E-state index is 0.167. The average Bonchev–Trinajstić information content (AvgIpc) is 2.44. The summed E-state index contributed by atoms with van der Waals surface area (Å²) in [5.41, 5.74) is 0.683. The van der Waals surface area contributed by atoms with Gasteiger partial charge in [0.05, 0.1) is 12.0 Å². The first-order valence-corrected chi connectivity index (χ1v) is 6.46. The van der Waals surface area contributed by atoms with Gasteiger partial charge in [-0.1, -0.05) is 42.5 Å². The summed E-state index contributed by atoms with van der Waals surface area (Å²) in [6.45, 7) is 0. The van der Waals surface area contributed by atoms with E-state index >= 15 is 0 Å². The van der Waals surface area contributed by atoms with E-state index in [9.17, 15) is 14.7 Å². The first-order valence-electron chi connectivity index (χ1n) is 6.46. The van der Waals surface area contributed by atoms with E-state index in [0.717, 1.165) is 10.8 Å². The van der Waals surface area contributed by atoms with Gasteiger partial charge in [-0.3, -0.25) is 4.79 Å². The fraction of sp³-hybridized carbons (Fsp3) is 0.0588. The molecule has 0 aromatic heterocycles. The summed E-state index contributed by atoms with van der Waals surface area (Å²) < 4.78 is 0. The van der Waals surface area contributed by atoms with E-state index in [1.807, 2.05) is 18.2 Å². The van der Waals surface area contributed by atoms with Gasteiger partial charge in [-0.25, -0.2) is 4.79 Å². The van der Waals surface area contributed by atoms with Crippen molar-refractivity contribution in [2.75, 3.05) is 0 Å². The molecule has 21 heavy (non-hydrogen) atoms. The third-order valence-corrected chi connectivity index (χ3v) is 3.53. The van der Waals surface area contributed by atoms with Gasteiger partial charge >= 0.3 is 11.9 Å². The molecule has 4 nitrogen and oxygen atoms in total. The van der Waals surface area contributed by atoms with Gasteiger partial charge in [0, 0.05) is 5.39 Å². The SMILES string of the molecule is O=C(O)Cc1cccc2cc3ccccc3c(C(=O)O)c12. The van der Waals surface area contributed by atoms with Crippen molar-refractivity contribution in [3.05, 3.63) is 59.7 Å². The van der Waals surface area contributed by atoms with Gasteiger partial charge in [0.1, 0.15) is 0 Å². The van der Waals surface area contributed by atoms with Gasteiger partial charge in [-0.05, 0) is 27.8 Å². The maximum atomic E-state index is 11.7. The van der Waals surface area contributed by atoms with Crippen molar-refractivity contribution in [3.8, 4) is 0 Å². The van der Waals surface area contributed by atoms with Crippen LogP contribution in [0.1, 0.15) is 15.9 Å². The van der Waals surface area contributed by atoms with Gasteiger partial charge in [-0.15, -0.1) is 0 Å². The Bertz CT molecular complexity index is 880. The summed E-state index contributed by atoms with van der Waals surface area (Å²) in [7, 11) is 0. The van der Waals surface area contributed by atoms with Gasteiger partial charge in [0.25, 0.3) is 0 Å². The van der Waals surface area contributed by atoms with Crippen molar-refractivity contribution in [2.45, 2.75) is 6.42 Å². The molecular weight excluding hydrogens is 268 g/mol. The molecular formula is C17H12O4. The smallest absolute Gasteiger partial charge is 0.336 e. The molecule has 0 unspecified atom stereocenters. The number of rotatable bonds is 3. The maximum Gasteiger partial charge on any atom is 0.336 e. The first-order chi connectivity index (χ1) is 10.1. The number of benzene rings is 3. The number of hydrogen-bond donors (Lipinski definition) is 2. The third-order valence-electron chi connectivity index (χ3n) is 3.53. The van der Waals surface area contributed by atoms with Crippen LogP contribution in [0, 0.1) is 0 Å². The van der Waals surface area contributed by atoms with Crippen molar-refractivity contribution in [2.24, 2.45) is 0 Å². The quantitative estimate of drug-likeness (QED) is 0.722. The van der Waals surface area contributed by atoms with Crippen LogP contribution in [0.5, 0.6) is 0 Å². The Labute approximate surface area is 120 Å². The average molecular weight is 280 g/mol. The highest BCUT2D eigenvalue weighted by molar-refractivity contribution is 6.17. The number of carboxylic acid groups (broad SMARTS) is 2. The third kappa shape index (κ3) is 2.21. The van der Waals surface area contributed by atoms with Gasteiger partial charge in [0.2, 0.25) is 0 Å². The lowest BCUT2D eigenvalue weighted by Gasteiger charge is -2.11. The van der Waals surface area contributed by atoms with Gasteiger partial charge < -0.3 is 10.2 Å². The number of fused-ring (bicyclic) bond motifs is 2. The second kappa shape index (κ2) is 4.90. The molecule has 104 valence electrons. The van der Waals surface area contributed by atoms with E-state index in [2.05, 4.69) is 0 Å². The molecule has 4 heteroatoms. The molecule has 0 heterocycles. The van der Waals surface area contributed by atoms with Crippen molar-refractivity contribution >= 4 is 33.5 Å². The standard InChI is InChI=1S/C17H12O4/c18-14(19)9-12-6-3-5-11-8-10-4-1-2-7-13(10)16(15(11)12)17(20)21/h1-8H,9H2,(H,18,19)(H,20,21). The lowest BCUT2D eigenvalue weighted by molar-refractivity contribution is -0.136. The molecule has 3 aromatic rings. The summed E-state index contributed by atoms with van der Waals surface area (Å²) in [6, 6.07) is 14.3. The Kier molecular flexibility index (Phi) is 3.06. The second-order valence-corrected chi connectivity index (χ2v) is 4.86. The van der Waals surface area contributed by atoms with E-state index in [0.29, 0.717) is 16.3 Å². The summed E-state index contributed by atoms with van der Waals surface area (Å²) >= 11 is 0. The molecule has 0 amide bonds. The summed E-state index contributed by atoms with van der Waals surface area (Å²) in [5.74, 6) is -2.03. The van der Waals surface area contributed by atoms with E-state index in [1.54, 1.807) is 30.3 Å². The molecule has 0 aliphatic heterocycles. The second-order valence-electron chi connectivity index (χ2n) is 4.86. The molecule has 0 bridgehead atoms. The van der Waals surface area contributed by atoms with Crippen LogP contribution in [0.25, 0.3) is 21.5 Å². The fourth-order valence-corrected chi connectivity index (χ4v) is 2.73. The zero-order valence-electron chi connectivity index (χ0n) is 11.0. The van der Waals surface area contributed by atoms with Crippen molar-refractivity contribution in [1.82, 2.24) is 0 Å². The first kappa shape index (κ1) is 13.1. The van der Waals surface area contributed by atoms with Gasteiger partial charge in [-0.2, -0.15) is 0 Å². The molecule has 0 spiro atoms. The Morgan fingerprint density at radius 1 is 0.905 bits per heavy atom. The van der Waals surface area contributed by atoms with Crippen molar-refractivity contribution < 1.29 is 19.8 Å². The molecule has 0 fully saturated rings. The molecule has 0 aliphatic carbocycles. The van der Waals surface area contributed by atoms with Crippen LogP contribution in [0.2, 0.25) is 0 Å². The lowest BCUT2D eigenvalue weighted by atomic mass is 9.92. The van der Waals surface area contributed by atoms with Crippen LogP contribution in [0.4, 0.5) is 0 Å². The predicted octanol–water partition coefficient (Wildman–Crippen LogP) is 3.32. The molecule has 0 saturated carbocycles. The minimum Gasteiger partial charge on any atom is -0.481 e. The van der Waals surface area contributed by atoms with Crippen LogP contribution < -0.4 is 0 Å². The molecule has 0 atom stereocenters. The number of aliphatic carboxylic acids is 1. The molecule has 0 saturated heterocycles. The highest BCUT2D eigenvalue weighted by Crippen LogP contribution is 2.31. The van der Waals surface area contributed by atoms with E-state index < -0.39 is 11.9 Å². The molecule has 3 aromatic carbocycles. The lowest BCUT2D eigenvalue weighted by Crippen LogP contribution is -2.05. The van der Waals surface area contributed by atoms with Crippen LogP contribution in [0.15, 0.2) is 48.5 Å². The normalized spacial score (nSPS) is 10.9. The monoisotopic (exact) mass is 280 g/mol. The van der Waals surface area contributed by atoms with Crippen LogP contribution in [0.3, 0.4) is 0 Å².